The van der Waals surface area contributed by atoms with Crippen molar-refractivity contribution in [1.29, 1.82) is 0 Å². The van der Waals surface area contributed by atoms with Gasteiger partial charge in [0.25, 0.3) is 0 Å². The van der Waals surface area contributed by atoms with Crippen LogP contribution in [-0.4, -0.2) is 9.55 Å². The minimum atomic E-state index is 0.737. The average Bonchev–Trinajstić information content (AvgIpc) is 2.88. The lowest BCUT2D eigenvalue weighted by molar-refractivity contribution is 1.01. The van der Waals surface area contributed by atoms with Gasteiger partial charge in [-0.15, -0.1) is 0 Å². The summed E-state index contributed by atoms with van der Waals surface area (Å²) in [6.45, 7) is 2.15. The summed E-state index contributed by atoms with van der Waals surface area (Å²) >= 11 is 8.04. The van der Waals surface area contributed by atoms with Crippen LogP contribution in [-0.2, 0) is 0 Å². The SMILES string of the molecule is Cc1c(Sc2ccccc2)c2ccc(Cl)cc2n1-c1cccnc1. The second kappa shape index (κ2) is 6.34. The van der Waals surface area contributed by atoms with Gasteiger partial charge in [-0.25, -0.2) is 0 Å². The van der Waals surface area contributed by atoms with Gasteiger partial charge in [-0.2, -0.15) is 0 Å². The molecule has 0 atom stereocenters. The molecule has 0 saturated carbocycles. The molecular weight excluding hydrogens is 336 g/mol. The Kier molecular flexibility index (Phi) is 4.05. The lowest BCUT2D eigenvalue weighted by Crippen LogP contribution is -1.96. The minimum Gasteiger partial charge on any atom is -0.311 e. The second-order valence-electron chi connectivity index (χ2n) is 5.54. The van der Waals surface area contributed by atoms with E-state index in [1.165, 1.54) is 20.9 Å². The number of pyridine rings is 1. The van der Waals surface area contributed by atoms with Crippen molar-refractivity contribution < 1.29 is 0 Å². The first-order chi connectivity index (χ1) is 11.7. The van der Waals surface area contributed by atoms with Crippen molar-refractivity contribution in [2.45, 2.75) is 16.7 Å². The summed E-state index contributed by atoms with van der Waals surface area (Å²) in [5, 5.41) is 1.94. The highest BCUT2D eigenvalue weighted by atomic mass is 35.5. The molecule has 0 saturated heterocycles. The van der Waals surface area contributed by atoms with Gasteiger partial charge in [0.2, 0.25) is 0 Å². The van der Waals surface area contributed by atoms with E-state index < -0.39 is 0 Å². The molecule has 2 heterocycles. The van der Waals surface area contributed by atoms with E-state index in [1.807, 2.05) is 30.5 Å². The molecular formula is C20H15ClN2S. The first kappa shape index (κ1) is 15.3. The maximum atomic E-state index is 6.26. The number of aromatic nitrogens is 2. The van der Waals surface area contributed by atoms with E-state index in [-0.39, 0.29) is 0 Å². The van der Waals surface area contributed by atoms with E-state index in [2.05, 4.69) is 52.9 Å². The van der Waals surface area contributed by atoms with Crippen LogP contribution in [0.25, 0.3) is 16.6 Å². The topological polar surface area (TPSA) is 17.8 Å². The molecule has 0 bridgehead atoms. The fourth-order valence-corrected chi connectivity index (χ4v) is 4.13. The Morgan fingerprint density at radius 1 is 1.00 bits per heavy atom. The van der Waals surface area contributed by atoms with Gasteiger partial charge in [-0.1, -0.05) is 47.6 Å². The van der Waals surface area contributed by atoms with E-state index in [1.54, 1.807) is 18.0 Å². The quantitative estimate of drug-likeness (QED) is 0.441. The normalized spacial score (nSPS) is 11.1. The van der Waals surface area contributed by atoms with Crippen LogP contribution in [0.3, 0.4) is 0 Å². The molecule has 0 aliphatic heterocycles. The maximum Gasteiger partial charge on any atom is 0.0642 e. The smallest absolute Gasteiger partial charge is 0.0642 e. The van der Waals surface area contributed by atoms with Gasteiger partial charge >= 0.3 is 0 Å². The number of halogens is 1. The van der Waals surface area contributed by atoms with Gasteiger partial charge in [0.05, 0.1) is 17.4 Å². The number of benzene rings is 2. The Hall–Kier alpha value is -2.23. The van der Waals surface area contributed by atoms with Crippen LogP contribution in [0, 0.1) is 6.92 Å². The van der Waals surface area contributed by atoms with Crippen molar-refractivity contribution >= 4 is 34.3 Å². The number of hydrogen-bond donors (Lipinski definition) is 0. The summed E-state index contributed by atoms with van der Waals surface area (Å²) in [6, 6.07) is 20.5. The molecule has 0 aliphatic carbocycles. The van der Waals surface area contributed by atoms with Gasteiger partial charge in [0.15, 0.2) is 0 Å². The first-order valence-electron chi connectivity index (χ1n) is 7.68. The van der Waals surface area contributed by atoms with Crippen molar-refractivity contribution in [3.63, 3.8) is 0 Å². The average molecular weight is 351 g/mol. The van der Waals surface area contributed by atoms with E-state index >= 15 is 0 Å². The molecule has 2 aromatic carbocycles. The van der Waals surface area contributed by atoms with E-state index in [9.17, 15) is 0 Å². The molecule has 4 rings (SSSR count). The molecule has 2 aromatic heterocycles. The van der Waals surface area contributed by atoms with Gasteiger partial charge < -0.3 is 4.57 Å². The molecule has 118 valence electrons. The molecule has 0 N–H and O–H groups in total. The molecule has 4 heteroatoms. The summed E-state index contributed by atoms with van der Waals surface area (Å²) in [5.41, 5.74) is 3.34. The fraction of sp³-hybridized carbons (Fsp3) is 0.0500. The third-order valence-corrected chi connectivity index (χ3v) is 5.44. The van der Waals surface area contributed by atoms with Crippen molar-refractivity contribution in [3.8, 4) is 5.69 Å². The first-order valence-corrected chi connectivity index (χ1v) is 8.87. The molecule has 0 aliphatic rings. The zero-order valence-corrected chi connectivity index (χ0v) is 14.7. The molecule has 4 aromatic rings. The Morgan fingerprint density at radius 2 is 1.83 bits per heavy atom. The van der Waals surface area contributed by atoms with E-state index in [0.717, 1.165) is 16.2 Å². The molecule has 2 nitrogen and oxygen atoms in total. The Morgan fingerprint density at radius 3 is 2.58 bits per heavy atom. The van der Waals surface area contributed by atoms with Gasteiger partial charge in [-0.3, -0.25) is 4.98 Å². The zero-order valence-electron chi connectivity index (χ0n) is 13.1. The molecule has 24 heavy (non-hydrogen) atoms. The predicted molar refractivity (Wildman–Crippen MR) is 101 cm³/mol. The number of hydrogen-bond acceptors (Lipinski definition) is 2. The summed E-state index contributed by atoms with van der Waals surface area (Å²) < 4.78 is 2.22. The summed E-state index contributed by atoms with van der Waals surface area (Å²) in [4.78, 5) is 6.73. The largest absolute Gasteiger partial charge is 0.311 e. The van der Waals surface area contributed by atoms with Crippen molar-refractivity contribution in [2.75, 3.05) is 0 Å². The Balaban J connectivity index is 1.96. The molecule has 0 amide bonds. The van der Waals surface area contributed by atoms with Gasteiger partial charge in [0, 0.05) is 32.1 Å². The van der Waals surface area contributed by atoms with Crippen LogP contribution in [0.15, 0.2) is 82.8 Å². The highest BCUT2D eigenvalue weighted by Crippen LogP contribution is 2.40. The minimum absolute atomic E-state index is 0.737. The van der Waals surface area contributed by atoms with Crippen LogP contribution in [0.1, 0.15) is 5.69 Å². The van der Waals surface area contributed by atoms with Crippen LogP contribution in [0.2, 0.25) is 5.02 Å². The molecule has 0 unspecified atom stereocenters. The monoisotopic (exact) mass is 350 g/mol. The van der Waals surface area contributed by atoms with Crippen molar-refractivity contribution in [3.05, 3.63) is 83.8 Å². The van der Waals surface area contributed by atoms with Crippen LogP contribution < -0.4 is 0 Å². The lowest BCUT2D eigenvalue weighted by atomic mass is 10.2. The lowest BCUT2D eigenvalue weighted by Gasteiger charge is -2.08. The third kappa shape index (κ3) is 2.70. The van der Waals surface area contributed by atoms with E-state index in [0.29, 0.717) is 0 Å². The molecule has 0 radical (unpaired) electrons. The summed E-state index contributed by atoms with van der Waals surface area (Å²) in [5.74, 6) is 0. The molecule has 0 fully saturated rings. The van der Waals surface area contributed by atoms with Crippen LogP contribution in [0.4, 0.5) is 0 Å². The highest BCUT2D eigenvalue weighted by molar-refractivity contribution is 7.99. The summed E-state index contributed by atoms with van der Waals surface area (Å²) in [6.07, 6.45) is 3.67. The van der Waals surface area contributed by atoms with Crippen LogP contribution >= 0.6 is 23.4 Å². The Labute approximate surface area is 150 Å². The van der Waals surface area contributed by atoms with Gasteiger partial charge in [-0.05, 0) is 43.3 Å². The number of rotatable bonds is 3. The molecule has 0 spiro atoms. The van der Waals surface area contributed by atoms with E-state index in [4.69, 9.17) is 11.6 Å². The number of fused-ring (bicyclic) bond motifs is 1. The second-order valence-corrected chi connectivity index (χ2v) is 7.06. The van der Waals surface area contributed by atoms with Crippen LogP contribution in [0.5, 0.6) is 0 Å². The standard InChI is InChI=1S/C20H15ClN2S/c1-14-20(24-17-7-3-2-4-8-17)18-10-9-15(21)12-19(18)23(14)16-6-5-11-22-13-16/h2-13H,1H3. The maximum absolute atomic E-state index is 6.26. The van der Waals surface area contributed by atoms with Gasteiger partial charge in [0.1, 0.15) is 0 Å². The third-order valence-electron chi connectivity index (χ3n) is 3.98. The summed E-state index contributed by atoms with van der Waals surface area (Å²) in [7, 11) is 0. The predicted octanol–water partition coefficient (Wildman–Crippen LogP) is 6.14. The van der Waals surface area contributed by atoms with Crippen molar-refractivity contribution in [2.24, 2.45) is 0 Å². The fourth-order valence-electron chi connectivity index (χ4n) is 2.91. The zero-order chi connectivity index (χ0) is 16.5. The highest BCUT2D eigenvalue weighted by Gasteiger charge is 2.16. The number of nitrogens with zero attached hydrogens (tertiary/aromatic N) is 2. The van der Waals surface area contributed by atoms with Crippen molar-refractivity contribution in [1.82, 2.24) is 9.55 Å². The Bertz CT molecular complexity index is 995.